The minimum Gasteiger partial charge on any atom is -0.370 e. The van der Waals surface area contributed by atoms with E-state index in [1.807, 2.05) is 0 Å². The fraction of sp³-hybridized carbons (Fsp3) is 0.667. The van der Waals surface area contributed by atoms with Crippen molar-refractivity contribution < 1.29 is 0 Å². The Kier molecular flexibility index (Phi) is 11.1. The molecule has 0 saturated carbocycles. The van der Waals surface area contributed by atoms with E-state index in [-0.39, 0.29) is 24.0 Å². The number of hydrogen-bond acceptors (Lipinski definition) is 3. The number of likely N-dealkylation sites (N-methyl/N-ethyl adjacent to an activating group) is 1. The van der Waals surface area contributed by atoms with Crippen LogP contribution >= 0.6 is 35.3 Å². The average molecular weight is 424 g/mol. The highest BCUT2D eigenvalue weighted by molar-refractivity contribution is 14.0. The smallest absolute Gasteiger partial charge is 0.191 e. The molecule has 2 N–H and O–H groups in total. The number of nitrogens with two attached hydrogens (primary N) is 1. The maximum absolute atomic E-state index is 6.08. The van der Waals surface area contributed by atoms with Crippen LogP contribution in [0.1, 0.15) is 39.3 Å². The van der Waals surface area contributed by atoms with Crippen molar-refractivity contribution in [1.29, 1.82) is 0 Å². The van der Waals surface area contributed by atoms with Crippen molar-refractivity contribution in [2.24, 2.45) is 10.7 Å². The second-order valence-electron chi connectivity index (χ2n) is 4.66. The van der Waals surface area contributed by atoms with Gasteiger partial charge >= 0.3 is 0 Å². The number of hydrogen-bond donors (Lipinski definition) is 1. The first-order valence-corrected chi connectivity index (χ1v) is 8.43. The SMILES string of the molecule is CCN(CC)C(N)=NCC(c1ccsc1)N(CC)CC.I. The Bertz CT molecular complexity index is 386. The van der Waals surface area contributed by atoms with Crippen LogP contribution in [0.25, 0.3) is 0 Å². The van der Waals surface area contributed by atoms with Crippen LogP contribution < -0.4 is 5.73 Å². The summed E-state index contributed by atoms with van der Waals surface area (Å²) in [6, 6.07) is 2.52. The predicted octanol–water partition coefficient (Wildman–Crippen LogP) is 3.41. The van der Waals surface area contributed by atoms with E-state index in [9.17, 15) is 0 Å². The Labute approximate surface area is 150 Å². The maximum atomic E-state index is 6.08. The predicted molar refractivity (Wildman–Crippen MR) is 105 cm³/mol. The van der Waals surface area contributed by atoms with Crippen LogP contribution in [-0.2, 0) is 0 Å². The summed E-state index contributed by atoms with van der Waals surface area (Å²) in [5, 5.41) is 4.34. The van der Waals surface area contributed by atoms with Crippen LogP contribution in [0.2, 0.25) is 0 Å². The van der Waals surface area contributed by atoms with Crippen molar-refractivity contribution >= 4 is 41.3 Å². The molecule has 1 heterocycles. The molecule has 0 aliphatic heterocycles. The third kappa shape index (κ3) is 6.12. The Balaban J connectivity index is 0.00000400. The molecule has 6 heteroatoms. The van der Waals surface area contributed by atoms with Crippen LogP contribution in [0.15, 0.2) is 21.8 Å². The molecule has 1 aromatic heterocycles. The van der Waals surface area contributed by atoms with Gasteiger partial charge < -0.3 is 10.6 Å². The van der Waals surface area contributed by atoms with Gasteiger partial charge in [0.1, 0.15) is 0 Å². The summed E-state index contributed by atoms with van der Waals surface area (Å²) in [4.78, 5) is 9.14. The van der Waals surface area contributed by atoms with Crippen molar-refractivity contribution in [2.45, 2.75) is 33.7 Å². The number of guanidine groups is 1. The zero-order chi connectivity index (χ0) is 15.0. The van der Waals surface area contributed by atoms with E-state index in [0.29, 0.717) is 12.0 Å². The van der Waals surface area contributed by atoms with Crippen molar-refractivity contribution in [3.05, 3.63) is 22.4 Å². The second-order valence-corrected chi connectivity index (χ2v) is 5.44. The molecule has 0 bridgehead atoms. The summed E-state index contributed by atoms with van der Waals surface area (Å²) in [6.45, 7) is 13.2. The van der Waals surface area contributed by atoms with Crippen LogP contribution in [0.4, 0.5) is 0 Å². The lowest BCUT2D eigenvalue weighted by atomic mass is 10.1. The number of halogens is 1. The first-order valence-electron chi connectivity index (χ1n) is 7.48. The number of nitrogens with zero attached hydrogens (tertiary/aromatic N) is 3. The zero-order valence-corrected chi connectivity index (χ0v) is 16.7. The van der Waals surface area contributed by atoms with Crippen LogP contribution in [0.3, 0.4) is 0 Å². The minimum atomic E-state index is 0. The quantitative estimate of drug-likeness (QED) is 0.395. The summed E-state index contributed by atoms with van der Waals surface area (Å²) in [6.07, 6.45) is 0. The summed E-state index contributed by atoms with van der Waals surface area (Å²) in [7, 11) is 0. The number of aliphatic imine (C=N–C) groups is 1. The molecule has 4 nitrogen and oxygen atoms in total. The van der Waals surface area contributed by atoms with Crippen LogP contribution in [0, 0.1) is 0 Å². The first-order chi connectivity index (χ1) is 9.67. The average Bonchev–Trinajstić information content (AvgIpc) is 2.98. The first kappa shape index (κ1) is 20.7. The number of thiophene rings is 1. The van der Waals surface area contributed by atoms with Gasteiger partial charge in [-0.1, -0.05) is 13.8 Å². The molecule has 0 saturated heterocycles. The molecule has 0 spiro atoms. The van der Waals surface area contributed by atoms with Crippen molar-refractivity contribution in [2.75, 3.05) is 32.7 Å². The third-order valence-corrected chi connectivity index (χ3v) is 4.40. The van der Waals surface area contributed by atoms with Crippen molar-refractivity contribution in [3.8, 4) is 0 Å². The summed E-state index contributed by atoms with van der Waals surface area (Å²) < 4.78 is 0. The molecule has 0 aliphatic carbocycles. The van der Waals surface area contributed by atoms with E-state index >= 15 is 0 Å². The molecule has 1 atom stereocenters. The number of rotatable bonds is 8. The molecule has 122 valence electrons. The lowest BCUT2D eigenvalue weighted by Gasteiger charge is -2.28. The molecule has 0 amide bonds. The molecule has 0 aliphatic rings. The molecular formula is C15H29IN4S. The molecule has 0 radical (unpaired) electrons. The van der Waals surface area contributed by atoms with Gasteiger partial charge in [0.05, 0.1) is 12.6 Å². The molecule has 0 fully saturated rings. The van der Waals surface area contributed by atoms with Gasteiger partial charge in [0.25, 0.3) is 0 Å². The fourth-order valence-electron chi connectivity index (χ4n) is 2.39. The van der Waals surface area contributed by atoms with Crippen molar-refractivity contribution in [1.82, 2.24) is 9.80 Å². The van der Waals surface area contributed by atoms with Crippen LogP contribution in [0.5, 0.6) is 0 Å². The molecule has 1 rings (SSSR count). The van der Waals surface area contributed by atoms with Gasteiger partial charge in [-0.25, -0.2) is 0 Å². The minimum absolute atomic E-state index is 0. The molecule has 21 heavy (non-hydrogen) atoms. The largest absolute Gasteiger partial charge is 0.370 e. The molecule has 1 aromatic rings. The Morgan fingerprint density at radius 3 is 2.24 bits per heavy atom. The maximum Gasteiger partial charge on any atom is 0.191 e. The second kappa shape index (κ2) is 11.3. The van der Waals surface area contributed by atoms with Crippen molar-refractivity contribution in [3.63, 3.8) is 0 Å². The Morgan fingerprint density at radius 1 is 1.19 bits per heavy atom. The van der Waals surface area contributed by atoms with Gasteiger partial charge in [-0.05, 0) is 49.3 Å². The van der Waals surface area contributed by atoms with E-state index in [4.69, 9.17) is 5.73 Å². The van der Waals surface area contributed by atoms with Gasteiger partial charge in [-0.15, -0.1) is 24.0 Å². The van der Waals surface area contributed by atoms with E-state index in [0.717, 1.165) is 32.7 Å². The zero-order valence-electron chi connectivity index (χ0n) is 13.6. The van der Waals surface area contributed by atoms with E-state index in [1.54, 1.807) is 11.3 Å². The Hall–Kier alpha value is -0.340. The highest BCUT2D eigenvalue weighted by atomic mass is 127. The van der Waals surface area contributed by atoms with E-state index < -0.39 is 0 Å². The summed E-state index contributed by atoms with van der Waals surface area (Å²) in [5.41, 5.74) is 7.43. The lowest BCUT2D eigenvalue weighted by Crippen LogP contribution is -2.38. The lowest BCUT2D eigenvalue weighted by molar-refractivity contribution is 0.224. The molecule has 0 aromatic carbocycles. The van der Waals surface area contributed by atoms with E-state index in [1.165, 1.54) is 5.56 Å². The third-order valence-electron chi connectivity index (χ3n) is 3.69. The Morgan fingerprint density at radius 2 is 1.81 bits per heavy atom. The highest BCUT2D eigenvalue weighted by Crippen LogP contribution is 2.23. The summed E-state index contributed by atoms with van der Waals surface area (Å²) in [5.74, 6) is 0.655. The van der Waals surface area contributed by atoms with E-state index in [2.05, 4.69) is 59.3 Å². The monoisotopic (exact) mass is 424 g/mol. The molecular weight excluding hydrogens is 395 g/mol. The topological polar surface area (TPSA) is 44.9 Å². The van der Waals surface area contributed by atoms with Gasteiger partial charge in [0.2, 0.25) is 0 Å². The van der Waals surface area contributed by atoms with Crippen LogP contribution in [-0.4, -0.2) is 48.5 Å². The van der Waals surface area contributed by atoms with Gasteiger partial charge in [-0.2, -0.15) is 11.3 Å². The fourth-order valence-corrected chi connectivity index (χ4v) is 3.10. The summed E-state index contributed by atoms with van der Waals surface area (Å²) >= 11 is 1.74. The normalized spacial score (nSPS) is 13.1. The van der Waals surface area contributed by atoms with Gasteiger partial charge in [0, 0.05) is 13.1 Å². The van der Waals surface area contributed by atoms with Gasteiger partial charge in [-0.3, -0.25) is 9.89 Å². The standard InChI is InChI=1S/C15H28N4S.HI/c1-5-18(6-2)14(13-9-10-20-12-13)11-17-15(16)19(7-3)8-4;/h9-10,12,14H,5-8,11H2,1-4H3,(H2,16,17);1H. The highest BCUT2D eigenvalue weighted by Gasteiger charge is 2.18. The van der Waals surface area contributed by atoms with Gasteiger partial charge in [0.15, 0.2) is 5.96 Å². The molecule has 1 unspecified atom stereocenters.